The molecule has 1 unspecified atom stereocenters. The number of ether oxygens (including phenoxy) is 2. The van der Waals surface area contributed by atoms with Gasteiger partial charge in [-0.25, -0.2) is 23.5 Å². The van der Waals surface area contributed by atoms with Gasteiger partial charge in [-0.2, -0.15) is 13.2 Å². The fourth-order valence-corrected chi connectivity index (χ4v) is 4.62. The highest BCUT2D eigenvalue weighted by Gasteiger charge is 2.34. The highest BCUT2D eigenvalue weighted by molar-refractivity contribution is 5.75. The summed E-state index contributed by atoms with van der Waals surface area (Å²) in [7, 11) is 1.46. The summed E-state index contributed by atoms with van der Waals surface area (Å²) in [6, 6.07) is -0.708. The Labute approximate surface area is 227 Å². The maximum atomic E-state index is 14.8. The molecule has 0 aromatic carbocycles. The first-order valence-electron chi connectivity index (χ1n) is 12.9. The summed E-state index contributed by atoms with van der Waals surface area (Å²) >= 11 is 0. The molecular weight excluding hydrogens is 539 g/mol. The van der Waals surface area contributed by atoms with Crippen LogP contribution in [0.1, 0.15) is 57.7 Å². The number of hydrogen-bond acceptors (Lipinski definition) is 6. The van der Waals surface area contributed by atoms with Gasteiger partial charge in [0.25, 0.3) is 11.8 Å². The second-order valence-corrected chi connectivity index (χ2v) is 9.65. The number of alkyl halides is 5. The van der Waals surface area contributed by atoms with Crippen molar-refractivity contribution in [3.05, 3.63) is 36.5 Å². The number of methoxy groups -OCH3 is 1. The minimum atomic E-state index is -4.49. The molecule has 3 aromatic rings. The molecule has 4 bridgehead atoms. The lowest BCUT2D eigenvalue weighted by molar-refractivity contribution is -0.136. The van der Waals surface area contributed by atoms with Gasteiger partial charge in [-0.15, -0.1) is 0 Å². The normalized spacial score (nSPS) is 20.5. The molecule has 4 heterocycles. The molecule has 0 fully saturated rings. The van der Waals surface area contributed by atoms with Crippen LogP contribution in [-0.4, -0.2) is 68.7 Å². The minimum absolute atomic E-state index is 0.0335. The quantitative estimate of drug-likeness (QED) is 0.399. The number of carbonyl (C=O) groups is 1. The van der Waals surface area contributed by atoms with Crippen molar-refractivity contribution in [3.8, 4) is 22.9 Å². The molecule has 0 saturated carbocycles. The first kappa shape index (κ1) is 29.3. The molecule has 0 aliphatic carbocycles. The molecule has 2 amide bonds. The van der Waals surface area contributed by atoms with Crippen molar-refractivity contribution < 1.29 is 36.2 Å². The Morgan fingerprint density at radius 2 is 2.02 bits per heavy atom. The number of amides is 2. The molecule has 218 valence electrons. The van der Waals surface area contributed by atoms with Gasteiger partial charge in [-0.05, 0) is 32.8 Å². The van der Waals surface area contributed by atoms with Crippen LogP contribution in [0, 0.1) is 0 Å². The topological polar surface area (TPSA) is 93.9 Å². The number of hydrogen-bond donors (Lipinski definition) is 1. The van der Waals surface area contributed by atoms with Crippen molar-refractivity contribution in [2.24, 2.45) is 0 Å². The molecule has 1 N–H and O–H groups in total. The molecule has 1 aliphatic rings. The zero-order valence-electron chi connectivity index (χ0n) is 22.3. The Morgan fingerprint density at radius 1 is 1.25 bits per heavy atom. The summed E-state index contributed by atoms with van der Waals surface area (Å²) < 4.78 is 81.3. The van der Waals surface area contributed by atoms with Crippen LogP contribution in [0.4, 0.5) is 26.7 Å². The van der Waals surface area contributed by atoms with Crippen LogP contribution in [0.3, 0.4) is 0 Å². The predicted octanol–water partition coefficient (Wildman–Crippen LogP) is 5.80. The van der Waals surface area contributed by atoms with Crippen molar-refractivity contribution in [3.63, 3.8) is 0 Å². The summed E-state index contributed by atoms with van der Waals surface area (Å²) in [4.78, 5) is 27.8. The van der Waals surface area contributed by atoms with Gasteiger partial charge in [0.2, 0.25) is 5.65 Å². The van der Waals surface area contributed by atoms with Crippen molar-refractivity contribution in [1.29, 1.82) is 0 Å². The van der Waals surface area contributed by atoms with Gasteiger partial charge in [0, 0.05) is 56.0 Å². The lowest BCUT2D eigenvalue weighted by atomic mass is 10.0. The lowest BCUT2D eigenvalue weighted by Crippen LogP contribution is -2.46. The van der Waals surface area contributed by atoms with E-state index in [0.29, 0.717) is 28.3 Å². The molecule has 0 spiro atoms. The van der Waals surface area contributed by atoms with E-state index in [4.69, 9.17) is 9.47 Å². The van der Waals surface area contributed by atoms with E-state index in [1.165, 1.54) is 24.4 Å². The van der Waals surface area contributed by atoms with Gasteiger partial charge >= 0.3 is 12.2 Å². The number of nitrogens with zero attached hydrogens (tertiary/aromatic N) is 5. The van der Waals surface area contributed by atoms with E-state index >= 15 is 0 Å². The second kappa shape index (κ2) is 11.8. The average molecular weight is 571 g/mol. The first-order valence-corrected chi connectivity index (χ1v) is 12.9. The fraction of sp³-hybridized carbons (Fsp3) is 0.538. The molecule has 3 aromatic heterocycles. The van der Waals surface area contributed by atoms with Gasteiger partial charge in [0.05, 0.1) is 37.3 Å². The Hall–Kier alpha value is -3.71. The molecule has 0 saturated heterocycles. The van der Waals surface area contributed by atoms with Crippen LogP contribution in [0.25, 0.3) is 16.9 Å². The van der Waals surface area contributed by atoms with E-state index in [-0.39, 0.29) is 18.8 Å². The standard InChI is InChI=1S/C26H31F5N6O3/c1-4-37-16(2)19-13-18(21(39-3)14-33-19)20-15-36-11-10-32-22(36)23(35-20)40-12-9-25(27,28)7-5-17(34-24(37)38)6-8-26(29,30)31/h10-11,13-17H,4-9,12H2,1-3H3,(H,34,38)/t16-,17?/m1/s1. The van der Waals surface area contributed by atoms with Crippen molar-refractivity contribution in [2.75, 3.05) is 20.3 Å². The maximum absolute atomic E-state index is 14.8. The second-order valence-electron chi connectivity index (χ2n) is 9.65. The van der Waals surface area contributed by atoms with Crippen LogP contribution in [-0.2, 0) is 0 Å². The van der Waals surface area contributed by atoms with E-state index in [1.54, 1.807) is 36.7 Å². The highest BCUT2D eigenvalue weighted by Crippen LogP contribution is 2.34. The number of rotatable bonds is 4. The van der Waals surface area contributed by atoms with E-state index < -0.39 is 62.5 Å². The third-order valence-electron chi connectivity index (χ3n) is 6.89. The molecular formula is C26H31F5N6O3. The Kier molecular flexibility index (Phi) is 8.64. The Balaban J connectivity index is 1.77. The van der Waals surface area contributed by atoms with Gasteiger partial charge in [-0.1, -0.05) is 0 Å². The van der Waals surface area contributed by atoms with Crippen LogP contribution in [0.2, 0.25) is 0 Å². The number of fused-ring (bicyclic) bond motifs is 7. The predicted molar refractivity (Wildman–Crippen MR) is 135 cm³/mol. The SMILES string of the molecule is CCN1C(=O)NC(CCC(F)(F)F)CCC(F)(F)CCOc2nc(cn3ccnc23)-c2cc(ncc2OC)[C@H]1C. The van der Waals surface area contributed by atoms with Gasteiger partial charge < -0.3 is 24.1 Å². The van der Waals surface area contributed by atoms with E-state index in [2.05, 4.69) is 20.3 Å². The van der Waals surface area contributed by atoms with Crippen molar-refractivity contribution >= 4 is 11.7 Å². The van der Waals surface area contributed by atoms with E-state index in [9.17, 15) is 26.7 Å². The van der Waals surface area contributed by atoms with Crippen LogP contribution < -0.4 is 14.8 Å². The molecule has 9 nitrogen and oxygen atoms in total. The van der Waals surface area contributed by atoms with E-state index in [1.807, 2.05) is 0 Å². The summed E-state index contributed by atoms with van der Waals surface area (Å²) in [6.45, 7) is 3.20. The zero-order chi connectivity index (χ0) is 29.1. The number of pyridine rings is 1. The summed E-state index contributed by atoms with van der Waals surface area (Å²) in [5, 5.41) is 2.55. The van der Waals surface area contributed by atoms with E-state index in [0.717, 1.165) is 0 Å². The van der Waals surface area contributed by atoms with Gasteiger partial charge in [0.1, 0.15) is 5.75 Å². The number of carbonyl (C=O) groups excluding carboxylic acids is 1. The van der Waals surface area contributed by atoms with Crippen LogP contribution in [0.5, 0.6) is 11.6 Å². The first-order chi connectivity index (χ1) is 18.9. The average Bonchev–Trinajstić information content (AvgIpc) is 3.38. The number of nitrogens with one attached hydrogen (secondary N) is 1. The third-order valence-corrected chi connectivity index (χ3v) is 6.89. The summed E-state index contributed by atoms with van der Waals surface area (Å²) in [5.41, 5.74) is 1.69. The number of halogens is 5. The molecule has 40 heavy (non-hydrogen) atoms. The third kappa shape index (κ3) is 6.89. The van der Waals surface area contributed by atoms with Crippen LogP contribution in [0.15, 0.2) is 30.9 Å². The molecule has 14 heteroatoms. The Morgan fingerprint density at radius 3 is 2.73 bits per heavy atom. The molecule has 0 radical (unpaired) electrons. The smallest absolute Gasteiger partial charge is 0.389 e. The minimum Gasteiger partial charge on any atom is -0.494 e. The fourth-order valence-electron chi connectivity index (χ4n) is 4.62. The largest absolute Gasteiger partial charge is 0.494 e. The molecule has 2 atom stereocenters. The summed E-state index contributed by atoms with van der Waals surface area (Å²) in [5.74, 6) is -2.85. The van der Waals surface area contributed by atoms with Gasteiger partial charge in [-0.3, -0.25) is 4.98 Å². The van der Waals surface area contributed by atoms with Gasteiger partial charge in [0.15, 0.2) is 0 Å². The summed E-state index contributed by atoms with van der Waals surface area (Å²) in [6.07, 6.45) is -1.66. The Bertz CT molecular complexity index is 1330. The number of urea groups is 1. The monoisotopic (exact) mass is 570 g/mol. The lowest BCUT2D eigenvalue weighted by Gasteiger charge is -2.31. The van der Waals surface area contributed by atoms with Crippen molar-refractivity contribution in [2.45, 2.75) is 70.1 Å². The number of aromatic nitrogens is 4. The zero-order valence-corrected chi connectivity index (χ0v) is 22.3. The van der Waals surface area contributed by atoms with Crippen LogP contribution >= 0.6 is 0 Å². The molecule has 4 rings (SSSR count). The highest BCUT2D eigenvalue weighted by atomic mass is 19.4. The van der Waals surface area contributed by atoms with Crippen molar-refractivity contribution in [1.82, 2.24) is 29.6 Å². The number of imidazole rings is 1. The molecule has 1 aliphatic heterocycles. The maximum Gasteiger partial charge on any atom is 0.389 e.